The molecule has 0 aromatic rings. The average Bonchev–Trinajstić information content (AvgIpc) is 2.34. The first kappa shape index (κ1) is 17.9. The van der Waals surface area contributed by atoms with Gasteiger partial charge in [0.15, 0.2) is 0 Å². The fourth-order valence-corrected chi connectivity index (χ4v) is 3.01. The highest BCUT2D eigenvalue weighted by atomic mass is 15.2. The number of nitrogens with zero attached hydrogens (tertiary/aromatic N) is 1. The molecule has 0 amide bonds. The summed E-state index contributed by atoms with van der Waals surface area (Å²) in [4.78, 5) is 2.55. The molecule has 0 saturated carbocycles. The second-order valence-electron chi connectivity index (χ2n) is 6.59. The second-order valence-corrected chi connectivity index (χ2v) is 6.59. The van der Waals surface area contributed by atoms with Gasteiger partial charge < -0.3 is 5.73 Å². The first-order valence-corrected chi connectivity index (χ1v) is 7.75. The molecule has 0 aliphatic heterocycles. The largest absolute Gasteiger partial charge is 0.329 e. The van der Waals surface area contributed by atoms with Crippen LogP contribution in [0, 0.1) is 11.8 Å². The van der Waals surface area contributed by atoms with Crippen LogP contribution in [0.3, 0.4) is 0 Å². The fraction of sp³-hybridized carbons (Fsp3) is 1.00. The van der Waals surface area contributed by atoms with Crippen molar-refractivity contribution in [2.45, 2.75) is 78.8 Å². The van der Waals surface area contributed by atoms with E-state index in [1.54, 1.807) is 0 Å². The van der Waals surface area contributed by atoms with Crippen molar-refractivity contribution in [2.75, 3.05) is 13.6 Å². The Labute approximate surface area is 115 Å². The molecule has 18 heavy (non-hydrogen) atoms. The summed E-state index contributed by atoms with van der Waals surface area (Å²) in [5.74, 6) is 1.50. The molecule has 0 aliphatic carbocycles. The fourth-order valence-electron chi connectivity index (χ4n) is 3.01. The predicted octanol–water partition coefficient (Wildman–Crippen LogP) is 3.90. The third-order valence-electron chi connectivity index (χ3n) is 4.69. The van der Waals surface area contributed by atoms with Crippen LogP contribution in [0.4, 0.5) is 0 Å². The Morgan fingerprint density at radius 3 is 2.00 bits per heavy atom. The molecule has 2 N–H and O–H groups in total. The van der Waals surface area contributed by atoms with Gasteiger partial charge in [-0.15, -0.1) is 0 Å². The molecule has 0 rings (SSSR count). The van der Waals surface area contributed by atoms with Crippen LogP contribution >= 0.6 is 0 Å². The Balaban J connectivity index is 4.84. The van der Waals surface area contributed by atoms with Crippen LogP contribution in [0.1, 0.15) is 67.2 Å². The van der Waals surface area contributed by atoms with Gasteiger partial charge in [-0.25, -0.2) is 0 Å². The number of rotatable bonds is 9. The Morgan fingerprint density at radius 2 is 1.67 bits per heavy atom. The van der Waals surface area contributed by atoms with E-state index in [4.69, 9.17) is 5.73 Å². The molecule has 0 aromatic heterocycles. The van der Waals surface area contributed by atoms with Crippen molar-refractivity contribution < 1.29 is 0 Å². The quantitative estimate of drug-likeness (QED) is 0.678. The van der Waals surface area contributed by atoms with Crippen LogP contribution < -0.4 is 5.73 Å². The first-order chi connectivity index (χ1) is 8.32. The van der Waals surface area contributed by atoms with Gasteiger partial charge in [0.1, 0.15) is 0 Å². The van der Waals surface area contributed by atoms with Crippen LogP contribution in [0.2, 0.25) is 0 Å². The van der Waals surface area contributed by atoms with Crippen LogP contribution in [0.15, 0.2) is 0 Å². The van der Waals surface area contributed by atoms with E-state index >= 15 is 0 Å². The number of likely N-dealkylation sites (N-methyl/N-ethyl adjacent to an activating group) is 1. The Bertz CT molecular complexity index is 209. The van der Waals surface area contributed by atoms with E-state index in [2.05, 4.69) is 53.5 Å². The third-order valence-corrected chi connectivity index (χ3v) is 4.69. The molecule has 0 fully saturated rings. The van der Waals surface area contributed by atoms with Gasteiger partial charge in [-0.3, -0.25) is 4.90 Å². The lowest BCUT2D eigenvalue weighted by Crippen LogP contribution is -2.56. The molecule has 2 nitrogen and oxygen atoms in total. The van der Waals surface area contributed by atoms with E-state index in [1.807, 2.05) is 0 Å². The highest BCUT2D eigenvalue weighted by molar-refractivity contribution is 4.92. The maximum absolute atomic E-state index is 6.15. The summed E-state index contributed by atoms with van der Waals surface area (Å²) in [6.45, 7) is 14.6. The maximum atomic E-state index is 6.15. The second kappa shape index (κ2) is 8.16. The number of nitrogens with two attached hydrogens (primary N) is 1. The standard InChI is InChI=1S/C16H36N2/c1-8-14(5)11-16(9-2,12-17)18(7)15(6)10-13(3)4/h13-15H,8-12,17H2,1-7H3. The van der Waals surface area contributed by atoms with E-state index < -0.39 is 0 Å². The molecule has 0 saturated heterocycles. The molecule has 3 atom stereocenters. The van der Waals surface area contributed by atoms with Crippen molar-refractivity contribution in [3.8, 4) is 0 Å². The lowest BCUT2D eigenvalue weighted by atomic mass is 9.82. The van der Waals surface area contributed by atoms with Crippen molar-refractivity contribution in [1.29, 1.82) is 0 Å². The lowest BCUT2D eigenvalue weighted by Gasteiger charge is -2.46. The summed E-state index contributed by atoms with van der Waals surface area (Å²) < 4.78 is 0. The molecule has 0 aromatic carbocycles. The molecule has 0 aliphatic rings. The minimum absolute atomic E-state index is 0.184. The van der Waals surface area contributed by atoms with E-state index in [0.717, 1.165) is 24.8 Å². The van der Waals surface area contributed by atoms with Crippen LogP contribution in [-0.2, 0) is 0 Å². The maximum Gasteiger partial charge on any atom is 0.0331 e. The normalized spacial score (nSPS) is 19.0. The molecule has 2 heteroatoms. The summed E-state index contributed by atoms with van der Waals surface area (Å²) in [7, 11) is 2.27. The summed E-state index contributed by atoms with van der Waals surface area (Å²) in [5, 5.41) is 0. The van der Waals surface area contributed by atoms with Gasteiger partial charge in [0, 0.05) is 18.1 Å². The van der Waals surface area contributed by atoms with Gasteiger partial charge in [0.05, 0.1) is 0 Å². The van der Waals surface area contributed by atoms with E-state index in [9.17, 15) is 0 Å². The van der Waals surface area contributed by atoms with Crippen LogP contribution in [0.25, 0.3) is 0 Å². The smallest absolute Gasteiger partial charge is 0.0331 e. The van der Waals surface area contributed by atoms with E-state index in [-0.39, 0.29) is 5.54 Å². The molecular formula is C16H36N2. The minimum Gasteiger partial charge on any atom is -0.329 e. The monoisotopic (exact) mass is 256 g/mol. The van der Waals surface area contributed by atoms with Crippen LogP contribution in [0.5, 0.6) is 0 Å². The SMILES string of the molecule is CCC(C)CC(CC)(CN)N(C)C(C)CC(C)C. The summed E-state index contributed by atoms with van der Waals surface area (Å²) in [5.41, 5.74) is 6.33. The molecule has 0 radical (unpaired) electrons. The molecule has 0 spiro atoms. The van der Waals surface area contributed by atoms with Gasteiger partial charge in [0.25, 0.3) is 0 Å². The average molecular weight is 256 g/mol. The van der Waals surface area contributed by atoms with Gasteiger partial charge in [-0.2, -0.15) is 0 Å². The van der Waals surface area contributed by atoms with E-state index in [1.165, 1.54) is 19.3 Å². The molecule has 3 unspecified atom stereocenters. The number of hydrogen-bond donors (Lipinski definition) is 1. The molecule has 110 valence electrons. The highest BCUT2D eigenvalue weighted by Gasteiger charge is 2.35. The van der Waals surface area contributed by atoms with Crippen molar-refractivity contribution in [1.82, 2.24) is 4.90 Å². The topological polar surface area (TPSA) is 29.3 Å². The van der Waals surface area contributed by atoms with Crippen molar-refractivity contribution in [2.24, 2.45) is 17.6 Å². The number of hydrogen-bond acceptors (Lipinski definition) is 2. The van der Waals surface area contributed by atoms with E-state index in [0.29, 0.717) is 6.04 Å². The molecule has 0 bridgehead atoms. The van der Waals surface area contributed by atoms with Crippen LogP contribution in [-0.4, -0.2) is 30.1 Å². The summed E-state index contributed by atoms with van der Waals surface area (Å²) in [6, 6.07) is 0.609. The van der Waals surface area contributed by atoms with Gasteiger partial charge >= 0.3 is 0 Å². The minimum atomic E-state index is 0.184. The van der Waals surface area contributed by atoms with Gasteiger partial charge in [0.2, 0.25) is 0 Å². The third kappa shape index (κ3) is 4.89. The highest BCUT2D eigenvalue weighted by Crippen LogP contribution is 2.30. The van der Waals surface area contributed by atoms with Gasteiger partial charge in [-0.1, -0.05) is 41.0 Å². The van der Waals surface area contributed by atoms with Crippen molar-refractivity contribution in [3.63, 3.8) is 0 Å². The van der Waals surface area contributed by atoms with Crippen molar-refractivity contribution in [3.05, 3.63) is 0 Å². The lowest BCUT2D eigenvalue weighted by molar-refractivity contribution is 0.0499. The molecular weight excluding hydrogens is 220 g/mol. The summed E-state index contributed by atoms with van der Waals surface area (Å²) >= 11 is 0. The Hall–Kier alpha value is -0.0800. The molecule has 0 heterocycles. The first-order valence-electron chi connectivity index (χ1n) is 7.75. The zero-order chi connectivity index (χ0) is 14.3. The van der Waals surface area contributed by atoms with Crippen molar-refractivity contribution >= 4 is 0 Å². The Morgan fingerprint density at radius 1 is 1.11 bits per heavy atom. The van der Waals surface area contributed by atoms with Gasteiger partial charge in [-0.05, 0) is 45.1 Å². The zero-order valence-electron chi connectivity index (χ0n) is 13.8. The zero-order valence-corrected chi connectivity index (χ0v) is 13.8. The Kier molecular flexibility index (Phi) is 8.13. The predicted molar refractivity (Wildman–Crippen MR) is 82.8 cm³/mol. The summed E-state index contributed by atoms with van der Waals surface area (Å²) in [6.07, 6.45) is 4.86.